The summed E-state index contributed by atoms with van der Waals surface area (Å²) < 4.78 is 0. The Morgan fingerprint density at radius 2 is 1.67 bits per heavy atom. The second-order valence-corrected chi connectivity index (χ2v) is 4.60. The predicted octanol–water partition coefficient (Wildman–Crippen LogP) is 4.18. The van der Waals surface area contributed by atoms with Crippen LogP contribution in [0.3, 0.4) is 0 Å². The summed E-state index contributed by atoms with van der Waals surface area (Å²) in [5.41, 5.74) is 3.02. The maximum absolute atomic E-state index is 11.5. The molecule has 2 nitrogen and oxygen atoms in total. The van der Waals surface area contributed by atoms with Gasteiger partial charge in [0.15, 0.2) is 0 Å². The second kappa shape index (κ2) is 5.05. The first-order valence-corrected chi connectivity index (χ1v) is 6.03. The molecule has 2 aromatic carbocycles. The highest BCUT2D eigenvalue weighted by molar-refractivity contribution is 5.97. The topological polar surface area (TPSA) is 37.3 Å². The SMILES string of the molecule is CC(C)c1cccc(-c2ccccc2)c1C(=O)O. The molecule has 0 heterocycles. The Balaban J connectivity index is 2.68. The molecule has 0 aromatic heterocycles. The molecule has 92 valence electrons. The fourth-order valence-corrected chi connectivity index (χ4v) is 2.15. The molecular formula is C16H16O2. The molecule has 2 heteroatoms. The molecule has 0 saturated carbocycles. The van der Waals surface area contributed by atoms with Crippen LogP contribution in [0.25, 0.3) is 11.1 Å². The van der Waals surface area contributed by atoms with Gasteiger partial charge in [0, 0.05) is 0 Å². The second-order valence-electron chi connectivity index (χ2n) is 4.60. The summed E-state index contributed by atoms with van der Waals surface area (Å²) in [4.78, 5) is 11.5. The van der Waals surface area contributed by atoms with E-state index in [1.807, 2.05) is 62.4 Å². The quantitative estimate of drug-likeness (QED) is 0.874. The molecule has 0 aliphatic heterocycles. The van der Waals surface area contributed by atoms with Gasteiger partial charge in [-0.15, -0.1) is 0 Å². The Labute approximate surface area is 107 Å². The lowest BCUT2D eigenvalue weighted by atomic mass is 9.90. The standard InChI is InChI=1S/C16H16O2/c1-11(2)13-9-6-10-14(15(13)16(17)18)12-7-4-3-5-8-12/h3-11H,1-2H3,(H,17,18). The molecule has 0 bridgehead atoms. The van der Waals surface area contributed by atoms with E-state index in [9.17, 15) is 9.90 Å². The van der Waals surface area contributed by atoms with Crippen molar-refractivity contribution < 1.29 is 9.90 Å². The van der Waals surface area contributed by atoms with Gasteiger partial charge in [0.1, 0.15) is 0 Å². The number of rotatable bonds is 3. The summed E-state index contributed by atoms with van der Waals surface area (Å²) in [7, 11) is 0. The first kappa shape index (κ1) is 12.4. The summed E-state index contributed by atoms with van der Waals surface area (Å²) in [6.07, 6.45) is 0. The molecule has 0 aliphatic carbocycles. The predicted molar refractivity (Wildman–Crippen MR) is 72.9 cm³/mol. The van der Waals surface area contributed by atoms with Crippen molar-refractivity contribution >= 4 is 5.97 Å². The minimum atomic E-state index is -0.863. The molecule has 1 N–H and O–H groups in total. The highest BCUT2D eigenvalue weighted by Gasteiger charge is 2.17. The Morgan fingerprint density at radius 3 is 2.22 bits per heavy atom. The number of hydrogen-bond donors (Lipinski definition) is 1. The molecule has 0 unspecified atom stereocenters. The number of carboxylic acids is 1. The summed E-state index contributed by atoms with van der Waals surface area (Å²) in [5, 5.41) is 9.46. The Kier molecular flexibility index (Phi) is 3.47. The van der Waals surface area contributed by atoms with Crippen molar-refractivity contribution in [2.45, 2.75) is 19.8 Å². The van der Waals surface area contributed by atoms with Crippen LogP contribution in [-0.4, -0.2) is 11.1 Å². The lowest BCUT2D eigenvalue weighted by Gasteiger charge is -2.14. The maximum Gasteiger partial charge on any atom is 0.336 e. The summed E-state index contributed by atoms with van der Waals surface area (Å²) in [6, 6.07) is 15.3. The van der Waals surface area contributed by atoms with Crippen molar-refractivity contribution in [1.82, 2.24) is 0 Å². The number of benzene rings is 2. The first-order chi connectivity index (χ1) is 8.61. The minimum absolute atomic E-state index is 0.194. The fraction of sp³-hybridized carbons (Fsp3) is 0.188. The van der Waals surface area contributed by atoms with E-state index in [1.165, 1.54) is 0 Å². The smallest absolute Gasteiger partial charge is 0.336 e. The number of aromatic carboxylic acids is 1. The average Bonchev–Trinajstić information content (AvgIpc) is 2.38. The third-order valence-electron chi connectivity index (χ3n) is 3.02. The Morgan fingerprint density at radius 1 is 1.00 bits per heavy atom. The van der Waals surface area contributed by atoms with Crippen molar-refractivity contribution in [3.05, 3.63) is 59.7 Å². The monoisotopic (exact) mass is 240 g/mol. The van der Waals surface area contributed by atoms with Crippen molar-refractivity contribution in [3.63, 3.8) is 0 Å². The van der Waals surface area contributed by atoms with E-state index in [0.717, 1.165) is 16.7 Å². The van der Waals surface area contributed by atoms with Crippen LogP contribution in [0.1, 0.15) is 35.7 Å². The van der Waals surface area contributed by atoms with E-state index in [1.54, 1.807) is 0 Å². The van der Waals surface area contributed by atoms with Crippen LogP contribution in [0.15, 0.2) is 48.5 Å². The zero-order chi connectivity index (χ0) is 13.1. The van der Waals surface area contributed by atoms with Crippen LogP contribution in [0, 0.1) is 0 Å². The van der Waals surface area contributed by atoms with Crippen molar-refractivity contribution in [2.24, 2.45) is 0 Å². The van der Waals surface area contributed by atoms with Gasteiger partial charge in [0.25, 0.3) is 0 Å². The van der Waals surface area contributed by atoms with Gasteiger partial charge >= 0.3 is 5.97 Å². The lowest BCUT2D eigenvalue weighted by molar-refractivity contribution is 0.0696. The van der Waals surface area contributed by atoms with E-state index >= 15 is 0 Å². The van der Waals surface area contributed by atoms with Crippen molar-refractivity contribution in [1.29, 1.82) is 0 Å². The van der Waals surface area contributed by atoms with E-state index in [2.05, 4.69) is 0 Å². The van der Waals surface area contributed by atoms with E-state index in [-0.39, 0.29) is 5.92 Å². The molecule has 0 aliphatic rings. The molecule has 2 aromatic rings. The molecule has 0 saturated heterocycles. The van der Waals surface area contributed by atoms with Gasteiger partial charge in [0.05, 0.1) is 5.56 Å². The summed E-state index contributed by atoms with van der Waals surface area (Å²) >= 11 is 0. The van der Waals surface area contributed by atoms with Gasteiger partial charge in [-0.2, -0.15) is 0 Å². The van der Waals surface area contributed by atoms with Crippen LogP contribution in [0.2, 0.25) is 0 Å². The van der Waals surface area contributed by atoms with E-state index in [0.29, 0.717) is 5.56 Å². The summed E-state index contributed by atoms with van der Waals surface area (Å²) in [5.74, 6) is -0.669. The zero-order valence-corrected chi connectivity index (χ0v) is 10.6. The molecule has 0 spiro atoms. The van der Waals surface area contributed by atoms with Gasteiger partial charge in [0.2, 0.25) is 0 Å². The molecule has 0 fully saturated rings. The molecule has 0 radical (unpaired) electrons. The van der Waals surface area contributed by atoms with E-state index in [4.69, 9.17) is 0 Å². The van der Waals surface area contributed by atoms with Gasteiger partial charge in [-0.25, -0.2) is 4.79 Å². The molecule has 0 amide bonds. The number of hydrogen-bond acceptors (Lipinski definition) is 1. The largest absolute Gasteiger partial charge is 0.478 e. The van der Waals surface area contributed by atoms with Crippen molar-refractivity contribution in [3.8, 4) is 11.1 Å². The molecule has 2 rings (SSSR count). The highest BCUT2D eigenvalue weighted by atomic mass is 16.4. The third kappa shape index (κ3) is 2.28. The zero-order valence-electron chi connectivity index (χ0n) is 10.6. The molecular weight excluding hydrogens is 224 g/mol. The normalized spacial score (nSPS) is 10.6. The Bertz CT molecular complexity index is 557. The lowest BCUT2D eigenvalue weighted by Crippen LogP contribution is -2.06. The van der Waals surface area contributed by atoms with Crippen LogP contribution in [0.4, 0.5) is 0 Å². The minimum Gasteiger partial charge on any atom is -0.478 e. The van der Waals surface area contributed by atoms with Crippen LogP contribution in [-0.2, 0) is 0 Å². The number of carboxylic acid groups (broad SMARTS) is 1. The van der Waals surface area contributed by atoms with Gasteiger partial charge in [-0.3, -0.25) is 0 Å². The van der Waals surface area contributed by atoms with Crippen LogP contribution >= 0.6 is 0 Å². The van der Waals surface area contributed by atoms with E-state index < -0.39 is 5.97 Å². The highest BCUT2D eigenvalue weighted by Crippen LogP contribution is 2.30. The van der Waals surface area contributed by atoms with Gasteiger partial charge < -0.3 is 5.11 Å². The van der Waals surface area contributed by atoms with Crippen LogP contribution < -0.4 is 0 Å². The third-order valence-corrected chi connectivity index (χ3v) is 3.02. The number of carbonyl (C=O) groups is 1. The molecule has 0 atom stereocenters. The van der Waals surface area contributed by atoms with Gasteiger partial charge in [-0.1, -0.05) is 62.4 Å². The van der Waals surface area contributed by atoms with Gasteiger partial charge in [-0.05, 0) is 22.6 Å². The average molecular weight is 240 g/mol. The summed E-state index contributed by atoms with van der Waals surface area (Å²) in [6.45, 7) is 4.02. The first-order valence-electron chi connectivity index (χ1n) is 6.03. The Hall–Kier alpha value is -2.09. The maximum atomic E-state index is 11.5. The van der Waals surface area contributed by atoms with Crippen molar-refractivity contribution in [2.75, 3.05) is 0 Å². The fourth-order valence-electron chi connectivity index (χ4n) is 2.15. The molecule has 18 heavy (non-hydrogen) atoms. The van der Waals surface area contributed by atoms with Crippen LogP contribution in [0.5, 0.6) is 0 Å².